The van der Waals surface area contributed by atoms with E-state index in [1.807, 2.05) is 0 Å². The van der Waals surface area contributed by atoms with Gasteiger partial charge in [0, 0.05) is 19.4 Å². The van der Waals surface area contributed by atoms with E-state index in [4.69, 9.17) is 5.11 Å². The fourth-order valence-corrected chi connectivity index (χ4v) is 4.87. The molecule has 2 fully saturated rings. The number of alkyl halides is 1. The molecule has 2 heterocycles. The highest BCUT2D eigenvalue weighted by Gasteiger charge is 2.51. The van der Waals surface area contributed by atoms with Crippen molar-refractivity contribution in [2.45, 2.75) is 78.2 Å². The molecule has 0 bridgehead atoms. The molecule has 1 N–H and O–H groups in total. The van der Waals surface area contributed by atoms with E-state index in [1.165, 1.54) is 4.90 Å². The van der Waals surface area contributed by atoms with Crippen LogP contribution in [0, 0.1) is 28.1 Å². The molecule has 1 aliphatic carbocycles. The highest BCUT2D eigenvalue weighted by Crippen LogP contribution is 2.58. The van der Waals surface area contributed by atoms with Crippen LogP contribution in [0.2, 0.25) is 0 Å². The summed E-state index contributed by atoms with van der Waals surface area (Å²) in [5.74, 6) is 0.269. The molecule has 8 heteroatoms. The number of aliphatic hydroxyl groups is 1. The third-order valence-corrected chi connectivity index (χ3v) is 7.39. The Labute approximate surface area is 165 Å². The molecule has 1 amide bonds. The van der Waals surface area contributed by atoms with E-state index in [0.717, 1.165) is 25.8 Å². The van der Waals surface area contributed by atoms with E-state index in [9.17, 15) is 14.4 Å². The summed E-state index contributed by atoms with van der Waals surface area (Å²) in [6.07, 6.45) is 3.91. The maximum atomic E-state index is 13.6. The van der Waals surface area contributed by atoms with Crippen LogP contribution in [0.25, 0.3) is 0 Å². The SMILES string of the molecule is CC1(C)[C@H](Cn2cc(CO)nn2)CC[C@]1(C)CCC(=O)N1C[C@@H](F)C[C@H]1C#N. The van der Waals surface area contributed by atoms with Gasteiger partial charge in [-0.1, -0.05) is 26.0 Å². The number of nitriles is 1. The van der Waals surface area contributed by atoms with E-state index >= 15 is 0 Å². The molecule has 1 saturated carbocycles. The van der Waals surface area contributed by atoms with E-state index < -0.39 is 12.2 Å². The highest BCUT2D eigenvalue weighted by molar-refractivity contribution is 5.77. The zero-order valence-electron chi connectivity index (χ0n) is 16.9. The number of amides is 1. The van der Waals surface area contributed by atoms with Gasteiger partial charge in [-0.25, -0.2) is 4.39 Å². The number of rotatable bonds is 6. The monoisotopic (exact) mass is 391 g/mol. The van der Waals surface area contributed by atoms with E-state index in [1.54, 1.807) is 10.9 Å². The molecule has 1 saturated heterocycles. The van der Waals surface area contributed by atoms with Crippen molar-refractivity contribution in [3.63, 3.8) is 0 Å². The number of carbonyl (C=O) groups is 1. The molecule has 1 aromatic heterocycles. The van der Waals surface area contributed by atoms with Crippen LogP contribution < -0.4 is 0 Å². The molecule has 1 aromatic rings. The molecule has 2 aliphatic rings. The Balaban J connectivity index is 1.62. The molecule has 4 atom stereocenters. The molecule has 0 spiro atoms. The summed E-state index contributed by atoms with van der Waals surface area (Å²) < 4.78 is 15.4. The van der Waals surface area contributed by atoms with Gasteiger partial charge in [-0.05, 0) is 36.0 Å². The van der Waals surface area contributed by atoms with Gasteiger partial charge in [0.2, 0.25) is 5.91 Å². The lowest BCUT2D eigenvalue weighted by atomic mass is 9.63. The predicted octanol–water partition coefficient (Wildman–Crippen LogP) is 2.46. The first-order chi connectivity index (χ1) is 13.2. The Kier molecular flexibility index (Phi) is 5.76. The van der Waals surface area contributed by atoms with Crippen molar-refractivity contribution in [2.75, 3.05) is 6.54 Å². The molecule has 28 heavy (non-hydrogen) atoms. The second-order valence-corrected chi connectivity index (χ2v) is 9.13. The van der Waals surface area contributed by atoms with Crippen LogP contribution >= 0.6 is 0 Å². The van der Waals surface area contributed by atoms with Crippen molar-refractivity contribution in [1.29, 1.82) is 5.26 Å². The number of nitrogens with zero attached hydrogens (tertiary/aromatic N) is 5. The van der Waals surface area contributed by atoms with E-state index in [2.05, 4.69) is 37.2 Å². The van der Waals surface area contributed by atoms with Gasteiger partial charge in [0.25, 0.3) is 0 Å². The summed E-state index contributed by atoms with van der Waals surface area (Å²) in [5.41, 5.74) is 0.527. The third-order valence-electron chi connectivity index (χ3n) is 7.39. The number of aliphatic hydroxyl groups excluding tert-OH is 1. The number of halogens is 1. The molecule has 154 valence electrons. The minimum atomic E-state index is -1.09. The molecule has 0 radical (unpaired) electrons. The van der Waals surface area contributed by atoms with Crippen LogP contribution in [-0.2, 0) is 17.9 Å². The number of carbonyl (C=O) groups excluding carboxylic acids is 1. The summed E-state index contributed by atoms with van der Waals surface area (Å²) in [4.78, 5) is 14.1. The van der Waals surface area contributed by atoms with Crippen LogP contribution in [-0.4, -0.2) is 49.7 Å². The van der Waals surface area contributed by atoms with Gasteiger partial charge < -0.3 is 10.0 Å². The van der Waals surface area contributed by atoms with Crippen molar-refractivity contribution in [1.82, 2.24) is 19.9 Å². The first-order valence-corrected chi connectivity index (χ1v) is 10.0. The van der Waals surface area contributed by atoms with Crippen LogP contribution in [0.5, 0.6) is 0 Å². The summed E-state index contributed by atoms with van der Waals surface area (Å²) in [7, 11) is 0. The van der Waals surface area contributed by atoms with Crippen molar-refractivity contribution in [3.05, 3.63) is 11.9 Å². The van der Waals surface area contributed by atoms with Crippen LogP contribution in [0.1, 0.15) is 58.6 Å². The van der Waals surface area contributed by atoms with E-state index in [0.29, 0.717) is 18.0 Å². The Morgan fingerprint density at radius 1 is 1.46 bits per heavy atom. The summed E-state index contributed by atoms with van der Waals surface area (Å²) >= 11 is 0. The Morgan fingerprint density at radius 3 is 2.86 bits per heavy atom. The lowest BCUT2D eigenvalue weighted by molar-refractivity contribution is -0.132. The molecular weight excluding hydrogens is 361 g/mol. The van der Waals surface area contributed by atoms with Crippen molar-refractivity contribution < 1.29 is 14.3 Å². The highest BCUT2D eigenvalue weighted by atomic mass is 19.1. The Bertz CT molecular complexity index is 758. The fourth-order valence-electron chi connectivity index (χ4n) is 4.87. The average Bonchev–Trinajstić information content (AvgIpc) is 3.33. The molecular formula is C20H30FN5O2. The quantitative estimate of drug-likeness (QED) is 0.804. The summed E-state index contributed by atoms with van der Waals surface area (Å²) in [6.45, 7) is 7.36. The Hall–Kier alpha value is -2.01. The Morgan fingerprint density at radius 2 is 2.21 bits per heavy atom. The second kappa shape index (κ2) is 7.78. The molecule has 0 unspecified atom stereocenters. The molecule has 1 aliphatic heterocycles. The van der Waals surface area contributed by atoms with Gasteiger partial charge in [0.05, 0.1) is 25.4 Å². The van der Waals surface area contributed by atoms with Gasteiger partial charge in [-0.2, -0.15) is 5.26 Å². The smallest absolute Gasteiger partial charge is 0.223 e. The zero-order valence-corrected chi connectivity index (χ0v) is 16.9. The van der Waals surface area contributed by atoms with Gasteiger partial charge in [-0.3, -0.25) is 9.48 Å². The minimum absolute atomic E-state index is 0.0130. The zero-order chi connectivity index (χ0) is 20.5. The maximum absolute atomic E-state index is 13.6. The van der Waals surface area contributed by atoms with Crippen molar-refractivity contribution in [3.8, 4) is 6.07 Å². The molecule has 0 aromatic carbocycles. The van der Waals surface area contributed by atoms with E-state index in [-0.39, 0.29) is 36.3 Å². The van der Waals surface area contributed by atoms with Gasteiger partial charge in [0.1, 0.15) is 17.9 Å². The number of hydrogen-bond acceptors (Lipinski definition) is 5. The molecule has 7 nitrogen and oxygen atoms in total. The number of hydrogen-bond donors (Lipinski definition) is 1. The molecule has 3 rings (SSSR count). The minimum Gasteiger partial charge on any atom is -0.390 e. The summed E-state index contributed by atoms with van der Waals surface area (Å²) in [5, 5.41) is 26.4. The van der Waals surface area contributed by atoms with Crippen molar-refractivity contribution >= 4 is 5.91 Å². The van der Waals surface area contributed by atoms with Crippen LogP contribution in [0.4, 0.5) is 4.39 Å². The topological polar surface area (TPSA) is 95.0 Å². The van der Waals surface area contributed by atoms with Crippen molar-refractivity contribution in [2.24, 2.45) is 16.7 Å². The van der Waals surface area contributed by atoms with Crippen LogP contribution in [0.3, 0.4) is 0 Å². The fraction of sp³-hybridized carbons (Fsp3) is 0.800. The van der Waals surface area contributed by atoms with Gasteiger partial charge in [0.15, 0.2) is 0 Å². The average molecular weight is 391 g/mol. The first kappa shape index (κ1) is 20.7. The predicted molar refractivity (Wildman–Crippen MR) is 100 cm³/mol. The third kappa shape index (κ3) is 3.77. The number of likely N-dealkylation sites (tertiary alicyclic amines) is 1. The van der Waals surface area contributed by atoms with Crippen LogP contribution in [0.15, 0.2) is 6.20 Å². The second-order valence-electron chi connectivity index (χ2n) is 9.13. The van der Waals surface area contributed by atoms with Gasteiger partial charge >= 0.3 is 0 Å². The van der Waals surface area contributed by atoms with Gasteiger partial charge in [-0.15, -0.1) is 5.10 Å². The number of aromatic nitrogens is 3. The standard InChI is InChI=1S/C20H30FN5O2/c1-19(2)14(10-25-12-16(13-27)23-24-25)4-6-20(19,3)7-5-18(28)26-11-15(21)8-17(26)9-22/h12,14-15,17,27H,4-8,10-11,13H2,1-3H3/t14-,15-,17-,20+/m0/s1. The normalized spacial score (nSPS) is 31.9. The largest absolute Gasteiger partial charge is 0.390 e. The lowest BCUT2D eigenvalue weighted by Crippen LogP contribution is -2.39. The maximum Gasteiger partial charge on any atom is 0.223 e. The lowest BCUT2D eigenvalue weighted by Gasteiger charge is -2.42. The first-order valence-electron chi connectivity index (χ1n) is 10.0. The summed E-state index contributed by atoms with van der Waals surface area (Å²) in [6, 6.07) is 1.42.